The Labute approximate surface area is 206 Å². The monoisotopic (exact) mass is 497 g/mol. The average Bonchev–Trinajstić information content (AvgIpc) is 3.47. The normalized spacial score (nSPS) is 20.9. The summed E-state index contributed by atoms with van der Waals surface area (Å²) in [4.78, 5) is 30.0. The van der Waals surface area contributed by atoms with Crippen molar-refractivity contribution < 1.29 is 22.7 Å². The van der Waals surface area contributed by atoms with Crippen LogP contribution in [0, 0.1) is 12.8 Å². The lowest BCUT2D eigenvalue weighted by molar-refractivity contribution is -0.124. The van der Waals surface area contributed by atoms with Gasteiger partial charge in [0.15, 0.2) is 0 Å². The minimum Gasteiger partial charge on any atom is -0.495 e. The van der Waals surface area contributed by atoms with Crippen LogP contribution in [0.4, 0.5) is 11.4 Å². The zero-order chi connectivity index (χ0) is 24.7. The highest BCUT2D eigenvalue weighted by Gasteiger charge is 2.40. The van der Waals surface area contributed by atoms with Crippen LogP contribution in [0.1, 0.15) is 36.8 Å². The van der Waals surface area contributed by atoms with E-state index in [0.29, 0.717) is 48.9 Å². The van der Waals surface area contributed by atoms with Crippen LogP contribution in [0.3, 0.4) is 0 Å². The lowest BCUT2D eigenvalue weighted by Crippen LogP contribution is -2.36. The Kier molecular flexibility index (Phi) is 6.31. The second-order valence-corrected chi connectivity index (χ2v) is 11.5. The first kappa shape index (κ1) is 23.8. The van der Waals surface area contributed by atoms with Crippen LogP contribution in [0.15, 0.2) is 41.3 Å². The van der Waals surface area contributed by atoms with E-state index in [1.807, 2.05) is 25.1 Å². The van der Waals surface area contributed by atoms with Gasteiger partial charge in [-0.15, -0.1) is 0 Å². The van der Waals surface area contributed by atoms with Crippen molar-refractivity contribution in [3.05, 3.63) is 47.5 Å². The van der Waals surface area contributed by atoms with E-state index in [4.69, 9.17) is 4.74 Å². The lowest BCUT2D eigenvalue weighted by Gasteiger charge is -2.26. The molecule has 2 amide bonds. The standard InChI is InChI=1S/C26H31N3O5S/c1-18-6-9-24(34-2)23(14-18)29-17-20(16-25(29)30)26(31)28-13-10-19-15-21(7-8-22(19)28)35(32,33)27-11-4-3-5-12-27/h6-9,14-15,20H,3-5,10-13,16-17H2,1-2H3. The molecule has 0 aromatic heterocycles. The van der Waals surface area contributed by atoms with E-state index in [1.165, 1.54) is 0 Å². The fourth-order valence-electron chi connectivity index (χ4n) is 5.36. The Morgan fingerprint density at radius 2 is 1.77 bits per heavy atom. The quantitative estimate of drug-likeness (QED) is 0.634. The maximum Gasteiger partial charge on any atom is 0.243 e. The van der Waals surface area contributed by atoms with Crippen molar-refractivity contribution >= 4 is 33.2 Å². The van der Waals surface area contributed by atoms with Crippen LogP contribution in [0.5, 0.6) is 5.75 Å². The van der Waals surface area contributed by atoms with E-state index in [1.54, 1.807) is 39.4 Å². The molecule has 8 nitrogen and oxygen atoms in total. The molecule has 9 heteroatoms. The predicted molar refractivity (Wildman–Crippen MR) is 133 cm³/mol. The third-order valence-corrected chi connectivity index (χ3v) is 9.16. The van der Waals surface area contributed by atoms with E-state index < -0.39 is 15.9 Å². The summed E-state index contributed by atoms with van der Waals surface area (Å²) in [5.41, 5.74) is 3.29. The third-order valence-electron chi connectivity index (χ3n) is 7.26. The molecule has 0 saturated carbocycles. The Balaban J connectivity index is 1.34. The van der Waals surface area contributed by atoms with Crippen LogP contribution in [0.25, 0.3) is 0 Å². The number of benzene rings is 2. The number of carbonyl (C=O) groups is 2. The molecule has 2 saturated heterocycles. The zero-order valence-corrected chi connectivity index (χ0v) is 21.0. The summed E-state index contributed by atoms with van der Waals surface area (Å²) >= 11 is 0. The molecule has 3 aliphatic heterocycles. The number of methoxy groups -OCH3 is 1. The number of nitrogens with zero attached hydrogens (tertiary/aromatic N) is 3. The van der Waals surface area contributed by atoms with Crippen LogP contribution < -0.4 is 14.5 Å². The summed E-state index contributed by atoms with van der Waals surface area (Å²) in [5.74, 6) is -0.0612. The Bertz CT molecular complexity index is 1270. The van der Waals surface area contributed by atoms with Crippen LogP contribution in [-0.2, 0) is 26.0 Å². The minimum absolute atomic E-state index is 0.0992. The molecule has 0 spiro atoms. The SMILES string of the molecule is COc1ccc(C)cc1N1CC(C(=O)N2CCc3cc(S(=O)(=O)N4CCCCC4)ccc32)CC1=O. The van der Waals surface area contributed by atoms with Gasteiger partial charge in [-0.1, -0.05) is 12.5 Å². The fraction of sp³-hybridized carbons (Fsp3) is 0.462. The van der Waals surface area contributed by atoms with Crippen LogP contribution >= 0.6 is 0 Å². The summed E-state index contributed by atoms with van der Waals surface area (Å²) in [7, 11) is -1.96. The average molecular weight is 498 g/mol. The number of rotatable bonds is 5. The van der Waals surface area contributed by atoms with Crippen molar-refractivity contribution in [3.8, 4) is 5.75 Å². The second kappa shape index (κ2) is 9.28. The van der Waals surface area contributed by atoms with Gasteiger partial charge in [-0.05, 0) is 67.6 Å². The maximum absolute atomic E-state index is 13.5. The number of aryl methyl sites for hydroxylation is 1. The van der Waals surface area contributed by atoms with Gasteiger partial charge in [0.25, 0.3) is 0 Å². The van der Waals surface area contributed by atoms with Gasteiger partial charge in [0.2, 0.25) is 21.8 Å². The number of hydrogen-bond donors (Lipinski definition) is 0. The summed E-state index contributed by atoms with van der Waals surface area (Å²) in [5, 5.41) is 0. The topological polar surface area (TPSA) is 87.2 Å². The highest BCUT2D eigenvalue weighted by Crippen LogP contribution is 2.37. The van der Waals surface area contributed by atoms with E-state index in [-0.39, 0.29) is 18.2 Å². The first-order valence-electron chi connectivity index (χ1n) is 12.2. The molecule has 5 rings (SSSR count). The highest BCUT2D eigenvalue weighted by atomic mass is 32.2. The molecule has 2 aromatic rings. The molecule has 0 bridgehead atoms. The predicted octanol–water partition coefficient (Wildman–Crippen LogP) is 3.12. The molecule has 0 aliphatic carbocycles. The van der Waals surface area contributed by atoms with Crippen molar-refractivity contribution in [1.29, 1.82) is 0 Å². The second-order valence-electron chi connectivity index (χ2n) is 9.58. The number of ether oxygens (including phenoxy) is 1. The largest absolute Gasteiger partial charge is 0.495 e. The molecular formula is C26H31N3O5S. The fourth-order valence-corrected chi connectivity index (χ4v) is 6.93. The number of sulfonamides is 1. The van der Waals surface area contributed by atoms with E-state index in [0.717, 1.165) is 36.1 Å². The minimum atomic E-state index is -3.53. The number of anilines is 2. The van der Waals surface area contributed by atoms with E-state index in [9.17, 15) is 18.0 Å². The van der Waals surface area contributed by atoms with Crippen molar-refractivity contribution in [3.63, 3.8) is 0 Å². The summed E-state index contributed by atoms with van der Waals surface area (Å²) in [6.07, 6.45) is 3.57. The molecule has 1 unspecified atom stereocenters. The van der Waals surface area contributed by atoms with Gasteiger partial charge in [0, 0.05) is 38.3 Å². The first-order chi connectivity index (χ1) is 16.8. The maximum atomic E-state index is 13.5. The van der Waals surface area contributed by atoms with Gasteiger partial charge in [-0.3, -0.25) is 9.59 Å². The lowest BCUT2D eigenvalue weighted by atomic mass is 10.1. The Morgan fingerprint density at radius 1 is 1.00 bits per heavy atom. The van der Waals surface area contributed by atoms with E-state index >= 15 is 0 Å². The smallest absolute Gasteiger partial charge is 0.243 e. The number of carbonyl (C=O) groups excluding carboxylic acids is 2. The summed E-state index contributed by atoms with van der Waals surface area (Å²) in [6, 6.07) is 10.7. The molecule has 0 N–H and O–H groups in total. The van der Waals surface area contributed by atoms with Gasteiger partial charge in [-0.2, -0.15) is 4.31 Å². The van der Waals surface area contributed by atoms with Crippen molar-refractivity contribution in [2.24, 2.45) is 5.92 Å². The van der Waals surface area contributed by atoms with Gasteiger partial charge in [0.1, 0.15) is 5.75 Å². The van der Waals surface area contributed by atoms with Crippen LogP contribution in [0.2, 0.25) is 0 Å². The number of hydrogen-bond acceptors (Lipinski definition) is 5. The molecule has 3 heterocycles. The van der Waals surface area contributed by atoms with Gasteiger partial charge in [0.05, 0.1) is 23.6 Å². The van der Waals surface area contributed by atoms with Gasteiger partial charge < -0.3 is 14.5 Å². The molecule has 1 atom stereocenters. The molecule has 186 valence electrons. The number of piperidine rings is 1. The number of amides is 2. The van der Waals surface area contributed by atoms with E-state index in [2.05, 4.69) is 0 Å². The van der Waals surface area contributed by atoms with Crippen LogP contribution in [-0.4, -0.2) is 57.8 Å². The highest BCUT2D eigenvalue weighted by molar-refractivity contribution is 7.89. The Morgan fingerprint density at radius 3 is 2.51 bits per heavy atom. The first-order valence-corrected chi connectivity index (χ1v) is 13.6. The van der Waals surface area contributed by atoms with Gasteiger partial charge >= 0.3 is 0 Å². The Hall–Kier alpha value is -2.91. The third kappa shape index (κ3) is 4.31. The molecule has 35 heavy (non-hydrogen) atoms. The van der Waals surface area contributed by atoms with Crippen molar-refractivity contribution in [2.75, 3.05) is 43.1 Å². The van der Waals surface area contributed by atoms with Crippen molar-refractivity contribution in [2.45, 2.75) is 43.9 Å². The molecule has 2 fully saturated rings. The molecule has 0 radical (unpaired) electrons. The summed E-state index contributed by atoms with van der Waals surface area (Å²) in [6.45, 7) is 3.85. The zero-order valence-electron chi connectivity index (χ0n) is 20.2. The molecule has 2 aromatic carbocycles. The number of fused-ring (bicyclic) bond motifs is 1. The molecule has 3 aliphatic rings. The van der Waals surface area contributed by atoms with Gasteiger partial charge in [-0.25, -0.2) is 8.42 Å². The summed E-state index contributed by atoms with van der Waals surface area (Å²) < 4.78 is 33.2. The molecular weight excluding hydrogens is 466 g/mol. The van der Waals surface area contributed by atoms with Crippen molar-refractivity contribution in [1.82, 2.24) is 4.31 Å².